The third kappa shape index (κ3) is 5.55. The van der Waals surface area contributed by atoms with Gasteiger partial charge in [0, 0.05) is 39.8 Å². The van der Waals surface area contributed by atoms with Crippen molar-refractivity contribution in [3.8, 4) is 5.75 Å². The van der Waals surface area contributed by atoms with Crippen LogP contribution < -0.4 is 10.1 Å². The number of hydrogen-bond acceptors (Lipinski definition) is 3. The van der Waals surface area contributed by atoms with E-state index in [4.69, 9.17) is 4.74 Å². The topological polar surface area (TPSA) is 38.6 Å². The monoisotopic (exact) mass is 497 g/mol. The summed E-state index contributed by atoms with van der Waals surface area (Å²) < 4.78 is 21.6. The molecule has 4 nitrogen and oxygen atoms in total. The summed E-state index contributed by atoms with van der Waals surface area (Å²) in [6, 6.07) is 31.5. The van der Waals surface area contributed by atoms with E-state index in [0.29, 0.717) is 13.2 Å². The van der Waals surface area contributed by atoms with Crippen molar-refractivity contribution in [1.29, 1.82) is 0 Å². The first-order valence-electron chi connectivity index (χ1n) is 12.1. The molecule has 0 saturated carbocycles. The molecular weight excluding hydrogens is 469 g/mol. The van der Waals surface area contributed by atoms with Gasteiger partial charge in [0.1, 0.15) is 18.2 Å². The first-order chi connectivity index (χ1) is 17.7. The van der Waals surface area contributed by atoms with Gasteiger partial charge >= 0.3 is 0 Å². The summed E-state index contributed by atoms with van der Waals surface area (Å²) in [7, 11) is 0. The predicted octanol–water partition coefficient (Wildman–Crippen LogP) is 7.73. The number of anilines is 1. The summed E-state index contributed by atoms with van der Waals surface area (Å²) in [6.07, 6.45) is 0. The molecule has 0 amide bonds. The van der Waals surface area contributed by atoms with Crippen molar-refractivity contribution in [1.82, 2.24) is 4.57 Å². The Labute approximate surface area is 214 Å². The van der Waals surface area contributed by atoms with Crippen LogP contribution in [0.15, 0.2) is 102 Å². The molecule has 0 spiro atoms. The van der Waals surface area contributed by atoms with E-state index in [2.05, 4.69) is 63.4 Å². The number of aromatic nitrogens is 1. The Morgan fingerprint density at radius 3 is 2.14 bits per heavy atom. The van der Waals surface area contributed by atoms with Crippen LogP contribution in [0.2, 0.25) is 0 Å². The Morgan fingerprint density at radius 2 is 1.50 bits per heavy atom. The van der Waals surface area contributed by atoms with Crippen molar-refractivity contribution in [2.75, 3.05) is 18.5 Å². The molecule has 1 heterocycles. The maximum absolute atomic E-state index is 13.1. The molecule has 0 atom stereocenters. The lowest BCUT2D eigenvalue weighted by Gasteiger charge is -2.12. The van der Waals surface area contributed by atoms with Gasteiger partial charge in [-0.15, -0.1) is 0 Å². The van der Waals surface area contributed by atoms with Crippen LogP contribution in [0.4, 0.5) is 10.1 Å². The zero-order valence-corrected chi connectivity index (χ0v) is 21.0. The third-order valence-electron chi connectivity index (χ3n) is 5.96. The lowest BCUT2D eigenvalue weighted by molar-refractivity contribution is 0.302. The molecule has 0 aliphatic heterocycles. The minimum absolute atomic E-state index is 0.221. The van der Waals surface area contributed by atoms with Gasteiger partial charge < -0.3 is 14.6 Å². The largest absolute Gasteiger partial charge is 0.492 e. The van der Waals surface area contributed by atoms with Crippen molar-refractivity contribution >= 4 is 44.4 Å². The zero-order valence-electron chi connectivity index (χ0n) is 20.2. The Morgan fingerprint density at radius 1 is 0.861 bits per heavy atom. The number of amidine groups is 1. The van der Waals surface area contributed by atoms with Gasteiger partial charge in [0.2, 0.25) is 0 Å². The standard InChI is InChI=1S/C30H28FN3OS/c1-2-32-30(36-21-22-11-13-23(31)14-12-22)33-24-15-17-25(18-16-24)35-20-19-34-28-9-5-3-7-26(28)27-8-4-6-10-29(27)34/h3-18H,2,19-21H2,1H3,(H,32,33). The molecule has 1 aromatic heterocycles. The maximum atomic E-state index is 13.1. The first kappa shape index (κ1) is 23.9. The number of thioether (sulfide) groups is 1. The van der Waals surface area contributed by atoms with E-state index in [-0.39, 0.29) is 5.82 Å². The van der Waals surface area contributed by atoms with E-state index in [1.54, 1.807) is 23.9 Å². The molecule has 36 heavy (non-hydrogen) atoms. The minimum atomic E-state index is -0.221. The Bertz CT molecular complexity index is 1420. The normalized spacial score (nSPS) is 11.8. The minimum Gasteiger partial charge on any atom is -0.492 e. The second-order valence-electron chi connectivity index (χ2n) is 8.38. The summed E-state index contributed by atoms with van der Waals surface area (Å²) in [5, 5.41) is 6.76. The number of nitrogens with one attached hydrogen (secondary N) is 1. The number of benzene rings is 4. The van der Waals surface area contributed by atoms with Crippen molar-refractivity contribution in [2.45, 2.75) is 19.2 Å². The third-order valence-corrected chi connectivity index (χ3v) is 6.94. The quantitative estimate of drug-likeness (QED) is 0.176. The van der Waals surface area contributed by atoms with E-state index in [1.807, 2.05) is 31.2 Å². The Balaban J connectivity index is 1.19. The van der Waals surface area contributed by atoms with E-state index in [1.165, 1.54) is 33.9 Å². The Kier molecular flexibility index (Phi) is 7.52. The molecular formula is C30H28FN3OS. The van der Waals surface area contributed by atoms with Gasteiger partial charge in [0.15, 0.2) is 5.17 Å². The van der Waals surface area contributed by atoms with Crippen LogP contribution in [0.25, 0.3) is 21.8 Å². The van der Waals surface area contributed by atoms with Gasteiger partial charge in [-0.3, -0.25) is 4.99 Å². The van der Waals surface area contributed by atoms with Gasteiger partial charge in [-0.25, -0.2) is 4.39 Å². The molecule has 182 valence electrons. The summed E-state index contributed by atoms with van der Waals surface area (Å²) in [5.41, 5.74) is 4.45. The SMILES string of the molecule is CCN=C(Nc1ccc(OCCn2c3ccccc3c3ccccc32)cc1)SCc1ccc(F)cc1. The summed E-state index contributed by atoms with van der Waals surface area (Å²) >= 11 is 1.60. The van der Waals surface area contributed by atoms with Crippen LogP contribution in [0.1, 0.15) is 12.5 Å². The van der Waals surface area contributed by atoms with Gasteiger partial charge in [0.05, 0.1) is 6.54 Å². The van der Waals surface area contributed by atoms with Crippen LogP contribution in [0.5, 0.6) is 5.75 Å². The predicted molar refractivity (Wildman–Crippen MR) is 151 cm³/mol. The van der Waals surface area contributed by atoms with Crippen LogP contribution in [0, 0.1) is 5.82 Å². The number of halogens is 1. The highest BCUT2D eigenvalue weighted by atomic mass is 32.2. The average molecular weight is 498 g/mol. The van der Waals surface area contributed by atoms with Gasteiger partial charge in [0.25, 0.3) is 0 Å². The second kappa shape index (κ2) is 11.3. The number of rotatable bonds is 8. The molecule has 1 N–H and O–H groups in total. The van der Waals surface area contributed by atoms with E-state index in [9.17, 15) is 4.39 Å². The van der Waals surface area contributed by atoms with Crippen LogP contribution in [-0.4, -0.2) is 22.9 Å². The zero-order chi connectivity index (χ0) is 24.7. The summed E-state index contributed by atoms with van der Waals surface area (Å²) in [6.45, 7) is 4.03. The fourth-order valence-electron chi connectivity index (χ4n) is 4.25. The molecule has 0 saturated heterocycles. The average Bonchev–Trinajstić information content (AvgIpc) is 3.23. The maximum Gasteiger partial charge on any atom is 0.161 e. The van der Waals surface area contributed by atoms with Gasteiger partial charge in [-0.1, -0.05) is 60.3 Å². The number of nitrogens with zero attached hydrogens (tertiary/aromatic N) is 2. The van der Waals surface area contributed by atoms with E-state index in [0.717, 1.165) is 34.5 Å². The Hall–Kier alpha value is -3.77. The van der Waals surface area contributed by atoms with Gasteiger partial charge in [-0.2, -0.15) is 0 Å². The lowest BCUT2D eigenvalue weighted by atomic mass is 10.2. The molecule has 5 aromatic rings. The van der Waals surface area contributed by atoms with Crippen molar-refractivity contribution in [3.05, 3.63) is 108 Å². The molecule has 6 heteroatoms. The molecule has 0 radical (unpaired) electrons. The highest BCUT2D eigenvalue weighted by molar-refractivity contribution is 8.13. The van der Waals surface area contributed by atoms with Crippen molar-refractivity contribution in [3.63, 3.8) is 0 Å². The van der Waals surface area contributed by atoms with Crippen LogP contribution in [-0.2, 0) is 12.3 Å². The van der Waals surface area contributed by atoms with Crippen LogP contribution >= 0.6 is 11.8 Å². The lowest BCUT2D eigenvalue weighted by Crippen LogP contribution is -2.09. The summed E-state index contributed by atoms with van der Waals surface area (Å²) in [4.78, 5) is 4.56. The van der Waals surface area contributed by atoms with Gasteiger partial charge in [-0.05, 0) is 61.0 Å². The molecule has 0 fully saturated rings. The highest BCUT2D eigenvalue weighted by Gasteiger charge is 2.09. The van der Waals surface area contributed by atoms with E-state index < -0.39 is 0 Å². The molecule has 0 aliphatic carbocycles. The fraction of sp³-hybridized carbons (Fsp3) is 0.167. The molecule has 0 bridgehead atoms. The number of aliphatic imine (C=N–C) groups is 1. The number of para-hydroxylation sites is 2. The summed E-state index contributed by atoms with van der Waals surface area (Å²) in [5.74, 6) is 1.33. The van der Waals surface area contributed by atoms with Crippen LogP contribution in [0.3, 0.4) is 0 Å². The number of hydrogen-bond donors (Lipinski definition) is 1. The van der Waals surface area contributed by atoms with E-state index >= 15 is 0 Å². The molecule has 0 unspecified atom stereocenters. The smallest absolute Gasteiger partial charge is 0.161 e. The number of fused-ring (bicyclic) bond motifs is 3. The first-order valence-corrected chi connectivity index (χ1v) is 13.1. The van der Waals surface area contributed by atoms with Crippen molar-refractivity contribution < 1.29 is 9.13 Å². The molecule has 4 aromatic carbocycles. The molecule has 0 aliphatic rings. The second-order valence-corrected chi connectivity index (χ2v) is 9.34. The molecule has 5 rings (SSSR count). The fourth-order valence-corrected chi connectivity index (χ4v) is 5.16. The highest BCUT2D eigenvalue weighted by Crippen LogP contribution is 2.28. The number of ether oxygens (including phenoxy) is 1. The van der Waals surface area contributed by atoms with Crippen molar-refractivity contribution in [2.24, 2.45) is 4.99 Å².